The van der Waals surface area contributed by atoms with Crippen LogP contribution in [0.1, 0.15) is 27.2 Å². The zero-order valence-electron chi connectivity index (χ0n) is 18.9. The fourth-order valence-corrected chi connectivity index (χ4v) is 5.63. The van der Waals surface area contributed by atoms with Gasteiger partial charge in [-0.2, -0.15) is 4.31 Å². The van der Waals surface area contributed by atoms with Gasteiger partial charge < -0.3 is 14.7 Å². The Hall–Kier alpha value is -2.49. The molecule has 1 aliphatic heterocycles. The number of ether oxygens (including phenoxy) is 1. The summed E-state index contributed by atoms with van der Waals surface area (Å²) >= 11 is 0. The molecule has 0 saturated carbocycles. The van der Waals surface area contributed by atoms with Crippen molar-refractivity contribution in [2.75, 3.05) is 26.7 Å². The molecule has 0 aliphatic carbocycles. The minimum atomic E-state index is -3.90. The SMILES string of the molecule is CCC(=O)N(C)C[C@@H]1Oc2cc(-c3ccncc3)ccc2S(=O)(=O)N([C@@H](C)CO)C[C@H]1C. The minimum Gasteiger partial charge on any atom is -0.487 e. The first-order valence-electron chi connectivity index (χ1n) is 10.8. The van der Waals surface area contributed by atoms with Crippen molar-refractivity contribution in [3.8, 4) is 16.9 Å². The Bertz CT molecular complexity index is 1040. The van der Waals surface area contributed by atoms with Crippen LogP contribution >= 0.6 is 0 Å². The molecule has 1 N–H and O–H groups in total. The molecule has 174 valence electrons. The van der Waals surface area contributed by atoms with Crippen LogP contribution in [0.5, 0.6) is 5.75 Å². The summed E-state index contributed by atoms with van der Waals surface area (Å²) in [5.74, 6) is 0.00813. The smallest absolute Gasteiger partial charge is 0.247 e. The van der Waals surface area contributed by atoms with Crippen LogP contribution in [0, 0.1) is 5.92 Å². The number of fused-ring (bicyclic) bond motifs is 1. The van der Waals surface area contributed by atoms with Crippen LogP contribution in [-0.4, -0.2) is 72.5 Å². The first-order valence-corrected chi connectivity index (χ1v) is 12.2. The Balaban J connectivity index is 2.11. The van der Waals surface area contributed by atoms with Crippen LogP contribution < -0.4 is 4.74 Å². The molecule has 0 fully saturated rings. The largest absolute Gasteiger partial charge is 0.487 e. The number of sulfonamides is 1. The van der Waals surface area contributed by atoms with Crippen LogP contribution in [0.15, 0.2) is 47.6 Å². The molecule has 0 saturated heterocycles. The van der Waals surface area contributed by atoms with Crippen molar-refractivity contribution in [1.82, 2.24) is 14.2 Å². The third kappa shape index (κ3) is 4.95. The van der Waals surface area contributed by atoms with Crippen molar-refractivity contribution < 1.29 is 23.1 Å². The number of aliphatic hydroxyl groups is 1. The Kier molecular flexibility index (Phi) is 7.53. The van der Waals surface area contributed by atoms with Gasteiger partial charge >= 0.3 is 0 Å². The summed E-state index contributed by atoms with van der Waals surface area (Å²) in [5, 5.41) is 9.73. The maximum atomic E-state index is 13.5. The number of nitrogens with zero attached hydrogens (tertiary/aromatic N) is 3. The number of hydrogen-bond donors (Lipinski definition) is 1. The fourth-order valence-electron chi connectivity index (χ4n) is 3.81. The molecule has 0 bridgehead atoms. The standard InChI is InChI=1S/C23H31N3O5S/c1-5-23(28)25(4)14-21-16(2)13-26(17(3)15-27)32(29,30)22-7-6-19(12-20(22)31-21)18-8-10-24-11-9-18/h6-12,16-17,21,27H,5,13-15H2,1-4H3/t16-,17+,21+/m1/s1. The van der Waals surface area contributed by atoms with Crippen LogP contribution in [0.2, 0.25) is 0 Å². The lowest BCUT2D eigenvalue weighted by Gasteiger charge is -2.37. The summed E-state index contributed by atoms with van der Waals surface area (Å²) in [6, 6.07) is 8.09. The van der Waals surface area contributed by atoms with Gasteiger partial charge in [-0.3, -0.25) is 9.78 Å². The van der Waals surface area contributed by atoms with Crippen LogP contribution in [0.4, 0.5) is 0 Å². The average Bonchev–Trinajstić information content (AvgIpc) is 2.80. The van der Waals surface area contributed by atoms with Gasteiger partial charge in [0.25, 0.3) is 0 Å². The number of rotatable bonds is 6. The second-order valence-electron chi connectivity index (χ2n) is 8.27. The number of aromatic nitrogens is 1. The van der Waals surface area contributed by atoms with Gasteiger partial charge in [0, 0.05) is 44.4 Å². The molecule has 3 atom stereocenters. The highest BCUT2D eigenvalue weighted by molar-refractivity contribution is 7.89. The van der Waals surface area contributed by atoms with Gasteiger partial charge in [0.1, 0.15) is 16.7 Å². The van der Waals surface area contributed by atoms with E-state index in [4.69, 9.17) is 4.74 Å². The molecular formula is C23H31N3O5S. The average molecular weight is 462 g/mol. The second kappa shape index (κ2) is 9.97. The number of benzene rings is 1. The minimum absolute atomic E-state index is 0.0122. The first kappa shape index (κ1) is 24.2. The molecule has 1 aliphatic rings. The van der Waals surface area contributed by atoms with E-state index in [9.17, 15) is 18.3 Å². The monoisotopic (exact) mass is 461 g/mol. The van der Waals surface area contributed by atoms with Gasteiger partial charge in [-0.25, -0.2) is 8.42 Å². The van der Waals surface area contributed by atoms with Crippen molar-refractivity contribution in [1.29, 1.82) is 0 Å². The van der Waals surface area contributed by atoms with Crippen molar-refractivity contribution >= 4 is 15.9 Å². The van der Waals surface area contributed by atoms with Gasteiger partial charge in [0.15, 0.2) is 0 Å². The Morgan fingerprint density at radius 2 is 1.97 bits per heavy atom. The van der Waals surface area contributed by atoms with Gasteiger partial charge in [-0.1, -0.05) is 19.9 Å². The highest BCUT2D eigenvalue weighted by atomic mass is 32.2. The number of amides is 1. The molecule has 1 aromatic heterocycles. The molecule has 2 aromatic rings. The van der Waals surface area contributed by atoms with E-state index in [1.165, 1.54) is 4.31 Å². The van der Waals surface area contributed by atoms with Gasteiger partial charge in [-0.05, 0) is 42.3 Å². The summed E-state index contributed by atoms with van der Waals surface area (Å²) in [4.78, 5) is 17.9. The second-order valence-corrected chi connectivity index (χ2v) is 10.1. The van der Waals surface area contributed by atoms with Crippen molar-refractivity contribution in [2.24, 2.45) is 5.92 Å². The van der Waals surface area contributed by atoms with Gasteiger partial charge in [0.05, 0.1) is 13.2 Å². The Morgan fingerprint density at radius 3 is 2.59 bits per heavy atom. The third-order valence-corrected chi connectivity index (χ3v) is 7.88. The lowest BCUT2D eigenvalue weighted by Crippen LogP contribution is -2.50. The number of likely N-dealkylation sites (N-methyl/N-ethyl adjacent to an activating group) is 1. The van der Waals surface area contributed by atoms with E-state index in [1.54, 1.807) is 56.4 Å². The number of aliphatic hydroxyl groups excluding tert-OH is 1. The molecule has 1 amide bonds. The van der Waals surface area contributed by atoms with Crippen LogP contribution in [0.3, 0.4) is 0 Å². The zero-order valence-corrected chi connectivity index (χ0v) is 19.7. The molecule has 32 heavy (non-hydrogen) atoms. The van der Waals surface area contributed by atoms with Crippen LogP contribution in [0.25, 0.3) is 11.1 Å². The van der Waals surface area contributed by atoms with E-state index in [0.717, 1.165) is 11.1 Å². The molecule has 0 unspecified atom stereocenters. The van der Waals surface area contributed by atoms with Crippen LogP contribution in [-0.2, 0) is 14.8 Å². The summed E-state index contributed by atoms with van der Waals surface area (Å²) in [6.07, 6.45) is 3.29. The Labute approximate surface area is 189 Å². The lowest BCUT2D eigenvalue weighted by molar-refractivity contribution is -0.131. The Morgan fingerprint density at radius 1 is 1.28 bits per heavy atom. The third-order valence-electron chi connectivity index (χ3n) is 5.86. The molecule has 0 radical (unpaired) electrons. The number of carbonyl (C=O) groups is 1. The van der Waals surface area contributed by atoms with E-state index in [-0.39, 0.29) is 35.6 Å². The predicted molar refractivity (Wildman–Crippen MR) is 122 cm³/mol. The molecule has 2 heterocycles. The topological polar surface area (TPSA) is 100 Å². The molecule has 9 heteroatoms. The van der Waals surface area contributed by atoms with Gasteiger partial charge in [-0.15, -0.1) is 0 Å². The number of pyridine rings is 1. The summed E-state index contributed by atoms with van der Waals surface area (Å²) in [5.41, 5.74) is 1.68. The lowest BCUT2D eigenvalue weighted by atomic mass is 10.0. The van der Waals surface area contributed by atoms with E-state index < -0.39 is 22.2 Å². The maximum absolute atomic E-state index is 13.5. The van der Waals surface area contributed by atoms with E-state index >= 15 is 0 Å². The molecule has 3 rings (SSSR count). The fraction of sp³-hybridized carbons (Fsp3) is 0.478. The molecular weight excluding hydrogens is 430 g/mol. The van der Waals surface area contributed by atoms with E-state index in [2.05, 4.69) is 4.98 Å². The van der Waals surface area contributed by atoms with E-state index in [0.29, 0.717) is 13.0 Å². The predicted octanol–water partition coefficient (Wildman–Crippen LogP) is 2.39. The van der Waals surface area contributed by atoms with Gasteiger partial charge in [0.2, 0.25) is 15.9 Å². The molecule has 0 spiro atoms. The highest BCUT2D eigenvalue weighted by Crippen LogP contribution is 2.36. The quantitative estimate of drug-likeness (QED) is 0.709. The molecule has 1 aromatic carbocycles. The van der Waals surface area contributed by atoms with Crippen molar-refractivity contribution in [2.45, 2.75) is 44.2 Å². The number of carbonyl (C=O) groups excluding carboxylic acids is 1. The summed E-state index contributed by atoms with van der Waals surface area (Å²) < 4.78 is 34.7. The summed E-state index contributed by atoms with van der Waals surface area (Å²) in [7, 11) is -2.18. The highest BCUT2D eigenvalue weighted by Gasteiger charge is 2.38. The first-order chi connectivity index (χ1) is 15.2. The van der Waals surface area contributed by atoms with Crippen molar-refractivity contribution in [3.63, 3.8) is 0 Å². The maximum Gasteiger partial charge on any atom is 0.247 e. The van der Waals surface area contributed by atoms with E-state index in [1.807, 2.05) is 19.1 Å². The zero-order chi connectivity index (χ0) is 23.5. The van der Waals surface area contributed by atoms with Crippen molar-refractivity contribution in [3.05, 3.63) is 42.7 Å². The summed E-state index contributed by atoms with van der Waals surface area (Å²) in [6.45, 7) is 5.59. The normalized spacial score (nSPS) is 21.5. The molecule has 8 nitrogen and oxygen atoms in total. The number of hydrogen-bond acceptors (Lipinski definition) is 6.